The molecule has 1 aliphatic heterocycles. The lowest BCUT2D eigenvalue weighted by Gasteiger charge is -2.32. The van der Waals surface area contributed by atoms with Crippen molar-refractivity contribution in [2.75, 3.05) is 7.11 Å². The van der Waals surface area contributed by atoms with Crippen LogP contribution in [0.25, 0.3) is 0 Å². The third-order valence-electron chi connectivity index (χ3n) is 3.65. The van der Waals surface area contributed by atoms with Crippen molar-refractivity contribution in [3.05, 3.63) is 39.9 Å². The van der Waals surface area contributed by atoms with Gasteiger partial charge in [0, 0.05) is 17.8 Å². The van der Waals surface area contributed by atoms with Crippen molar-refractivity contribution in [2.45, 2.75) is 19.9 Å². The van der Waals surface area contributed by atoms with Gasteiger partial charge in [-0.25, -0.2) is 9.79 Å². The maximum absolute atomic E-state index is 12.2. The van der Waals surface area contributed by atoms with E-state index in [0.717, 1.165) is 0 Å². The summed E-state index contributed by atoms with van der Waals surface area (Å²) in [4.78, 5) is 38.4. The predicted octanol–water partition coefficient (Wildman–Crippen LogP) is 2.25. The molecule has 2 unspecified atom stereocenters. The number of nitro benzene ring substituents is 1. The molecular weight excluding hydrogens is 302 g/mol. The Morgan fingerprint density at radius 1 is 1.43 bits per heavy atom. The van der Waals surface area contributed by atoms with Crippen molar-refractivity contribution >= 4 is 23.4 Å². The molecule has 0 saturated heterocycles. The molecular formula is C15H17N3O5. The van der Waals surface area contributed by atoms with Crippen molar-refractivity contribution in [1.82, 2.24) is 5.32 Å². The smallest absolute Gasteiger partial charge is 0.341 e. The van der Waals surface area contributed by atoms with Gasteiger partial charge in [-0.3, -0.25) is 14.9 Å². The largest absolute Gasteiger partial charge is 0.468 e. The zero-order valence-corrected chi connectivity index (χ0v) is 13.0. The van der Waals surface area contributed by atoms with Gasteiger partial charge in [0.1, 0.15) is 5.92 Å². The molecule has 0 saturated carbocycles. The van der Waals surface area contributed by atoms with Crippen molar-refractivity contribution in [3.8, 4) is 0 Å². The number of nitro groups is 1. The molecule has 1 N–H and O–H groups in total. The Kier molecular flexibility index (Phi) is 4.73. The predicted molar refractivity (Wildman–Crippen MR) is 82.1 cm³/mol. The van der Waals surface area contributed by atoms with Crippen molar-refractivity contribution < 1.29 is 19.2 Å². The molecule has 8 nitrogen and oxygen atoms in total. The molecule has 0 aromatic heterocycles. The van der Waals surface area contributed by atoms with E-state index >= 15 is 0 Å². The highest BCUT2D eigenvalue weighted by atomic mass is 16.6. The molecule has 1 aliphatic rings. The molecule has 0 bridgehead atoms. The first-order valence-electron chi connectivity index (χ1n) is 7.06. The quantitative estimate of drug-likeness (QED) is 0.520. The number of carbonyl (C=O) groups excluding carboxylic acids is 2. The summed E-state index contributed by atoms with van der Waals surface area (Å²) < 4.78 is 4.83. The molecule has 0 spiro atoms. The van der Waals surface area contributed by atoms with Crippen LogP contribution in [0.1, 0.15) is 25.5 Å². The van der Waals surface area contributed by atoms with E-state index < -0.39 is 28.9 Å². The van der Waals surface area contributed by atoms with Crippen LogP contribution in [0.5, 0.6) is 0 Å². The van der Waals surface area contributed by atoms with Gasteiger partial charge >= 0.3 is 12.0 Å². The first-order chi connectivity index (χ1) is 10.8. The number of rotatable bonds is 4. The Morgan fingerprint density at radius 2 is 2.13 bits per heavy atom. The van der Waals surface area contributed by atoms with Gasteiger partial charge in [-0.05, 0) is 11.5 Å². The lowest BCUT2D eigenvalue weighted by Crippen LogP contribution is -2.46. The van der Waals surface area contributed by atoms with E-state index in [0.29, 0.717) is 11.3 Å². The van der Waals surface area contributed by atoms with E-state index in [1.807, 2.05) is 13.8 Å². The number of carbonyl (C=O) groups is 2. The third-order valence-corrected chi connectivity index (χ3v) is 3.65. The van der Waals surface area contributed by atoms with Gasteiger partial charge in [-0.1, -0.05) is 26.0 Å². The molecule has 2 amide bonds. The maximum atomic E-state index is 12.2. The lowest BCUT2D eigenvalue weighted by molar-refractivity contribution is -0.384. The summed E-state index contributed by atoms with van der Waals surface area (Å²) in [6, 6.07) is 4.48. The van der Waals surface area contributed by atoms with Gasteiger partial charge in [-0.15, -0.1) is 0 Å². The number of nitrogens with zero attached hydrogens (tertiary/aromatic N) is 2. The minimum atomic E-state index is -0.820. The number of non-ortho nitro benzene ring substituents is 1. The number of aliphatic imine (C=N–C) groups is 1. The average molecular weight is 319 g/mol. The monoisotopic (exact) mass is 319 g/mol. The van der Waals surface area contributed by atoms with Gasteiger partial charge in [-0.2, -0.15) is 0 Å². The summed E-state index contributed by atoms with van der Waals surface area (Å²) in [6.07, 6.45) is 0. The van der Waals surface area contributed by atoms with Crippen LogP contribution >= 0.6 is 0 Å². The Bertz CT molecular complexity index is 683. The summed E-state index contributed by atoms with van der Waals surface area (Å²) in [5, 5.41) is 13.5. The fourth-order valence-corrected chi connectivity index (χ4v) is 2.59. The number of benzene rings is 1. The topological polar surface area (TPSA) is 111 Å². The summed E-state index contributed by atoms with van der Waals surface area (Å²) >= 11 is 0. The Hall–Kier alpha value is -2.77. The SMILES string of the molecule is COC(=O)C1C(C(C)C)=NC(=O)NC1c1cccc([N+](=O)[O-])c1. The molecule has 2 rings (SSSR count). The van der Waals surface area contributed by atoms with Gasteiger partial charge in [0.25, 0.3) is 5.69 Å². The van der Waals surface area contributed by atoms with Gasteiger partial charge in [0.15, 0.2) is 0 Å². The molecule has 8 heteroatoms. The average Bonchev–Trinajstić information content (AvgIpc) is 2.53. The molecule has 23 heavy (non-hydrogen) atoms. The molecule has 1 aromatic rings. The van der Waals surface area contributed by atoms with Gasteiger partial charge < -0.3 is 10.1 Å². The number of amides is 2. The number of methoxy groups -OCH3 is 1. The fraction of sp³-hybridized carbons (Fsp3) is 0.400. The lowest BCUT2D eigenvalue weighted by atomic mass is 9.83. The van der Waals surface area contributed by atoms with E-state index in [1.54, 1.807) is 6.07 Å². The number of hydrogen-bond acceptors (Lipinski definition) is 5. The number of hydrogen-bond donors (Lipinski definition) is 1. The Labute approximate surface area is 132 Å². The number of ether oxygens (including phenoxy) is 1. The summed E-state index contributed by atoms with van der Waals surface area (Å²) in [6.45, 7) is 3.63. The standard InChI is InChI=1S/C15H17N3O5/c1-8(2)12-11(14(19)23-3)13(17-15(20)16-12)9-5-4-6-10(7-9)18(21)22/h4-8,11,13H,1-3H3,(H,17,20). The first kappa shape index (κ1) is 16.6. The Morgan fingerprint density at radius 3 is 2.70 bits per heavy atom. The minimum absolute atomic E-state index is 0.117. The van der Waals surface area contributed by atoms with E-state index in [-0.39, 0.29) is 11.6 Å². The van der Waals surface area contributed by atoms with Crippen LogP contribution in [0, 0.1) is 22.0 Å². The molecule has 1 aromatic carbocycles. The molecule has 0 aliphatic carbocycles. The molecule has 122 valence electrons. The highest BCUT2D eigenvalue weighted by Gasteiger charge is 2.40. The zero-order valence-electron chi connectivity index (χ0n) is 13.0. The maximum Gasteiger partial charge on any atom is 0.341 e. The van der Waals surface area contributed by atoms with Crippen LogP contribution < -0.4 is 5.32 Å². The van der Waals surface area contributed by atoms with Crippen LogP contribution in [0.15, 0.2) is 29.3 Å². The normalized spacial score (nSPS) is 20.7. The Balaban J connectivity index is 2.52. The van der Waals surface area contributed by atoms with Crippen molar-refractivity contribution in [1.29, 1.82) is 0 Å². The van der Waals surface area contributed by atoms with E-state index in [4.69, 9.17) is 4.74 Å². The first-order valence-corrected chi connectivity index (χ1v) is 7.06. The number of urea groups is 1. The number of esters is 1. The highest BCUT2D eigenvalue weighted by Crippen LogP contribution is 2.31. The molecule has 1 heterocycles. The van der Waals surface area contributed by atoms with E-state index in [1.165, 1.54) is 25.3 Å². The summed E-state index contributed by atoms with van der Waals surface area (Å²) in [7, 11) is 1.25. The van der Waals surface area contributed by atoms with Crippen LogP contribution in [0.4, 0.5) is 10.5 Å². The van der Waals surface area contributed by atoms with Gasteiger partial charge in [0.05, 0.1) is 18.1 Å². The van der Waals surface area contributed by atoms with Crippen LogP contribution in [0.3, 0.4) is 0 Å². The van der Waals surface area contributed by atoms with Crippen molar-refractivity contribution in [3.63, 3.8) is 0 Å². The summed E-state index contributed by atoms with van der Waals surface area (Å²) in [5.41, 5.74) is 0.738. The van der Waals surface area contributed by atoms with E-state index in [9.17, 15) is 19.7 Å². The van der Waals surface area contributed by atoms with Crippen molar-refractivity contribution in [2.24, 2.45) is 16.8 Å². The number of nitrogens with one attached hydrogen (secondary N) is 1. The summed E-state index contributed by atoms with van der Waals surface area (Å²) in [5.74, 6) is -1.51. The van der Waals surface area contributed by atoms with Crippen LogP contribution in [0.2, 0.25) is 0 Å². The minimum Gasteiger partial charge on any atom is -0.468 e. The molecule has 0 radical (unpaired) electrons. The second-order valence-corrected chi connectivity index (χ2v) is 5.47. The molecule has 2 atom stereocenters. The zero-order chi connectivity index (χ0) is 17.1. The van der Waals surface area contributed by atoms with E-state index in [2.05, 4.69) is 10.3 Å². The highest BCUT2D eigenvalue weighted by molar-refractivity contribution is 6.10. The van der Waals surface area contributed by atoms with Gasteiger partial charge in [0.2, 0.25) is 0 Å². The second kappa shape index (κ2) is 6.55. The van der Waals surface area contributed by atoms with Crippen LogP contribution in [-0.2, 0) is 9.53 Å². The molecule has 0 fully saturated rings. The third kappa shape index (κ3) is 3.36. The van der Waals surface area contributed by atoms with Crippen LogP contribution in [-0.4, -0.2) is 29.7 Å². The fourth-order valence-electron chi connectivity index (χ4n) is 2.59. The second-order valence-electron chi connectivity index (χ2n) is 5.47.